The molecule has 4 nitrogen and oxygen atoms in total. The average molecular weight is 267 g/mol. The number of aliphatic carboxylic acids is 1. The highest BCUT2D eigenvalue weighted by Crippen LogP contribution is 2.09. The molecule has 0 aliphatic heterocycles. The van der Waals surface area contributed by atoms with Crippen LogP contribution < -0.4 is 5.32 Å². The molecule has 1 heterocycles. The number of thiophene rings is 1. The maximum atomic E-state index is 11.8. The van der Waals surface area contributed by atoms with E-state index in [1.165, 1.54) is 19.4 Å². The molecule has 0 spiro atoms. The van der Waals surface area contributed by atoms with Crippen LogP contribution in [0, 0.1) is 0 Å². The van der Waals surface area contributed by atoms with Gasteiger partial charge in [0.1, 0.15) is 0 Å². The van der Waals surface area contributed by atoms with Crippen molar-refractivity contribution in [2.75, 3.05) is 0 Å². The van der Waals surface area contributed by atoms with Gasteiger partial charge in [0, 0.05) is 17.2 Å². The van der Waals surface area contributed by atoms with Crippen LogP contribution >= 0.6 is 11.3 Å². The summed E-state index contributed by atoms with van der Waals surface area (Å²) in [5, 5.41) is 15.6. The molecule has 0 saturated heterocycles. The van der Waals surface area contributed by atoms with Crippen molar-refractivity contribution in [1.29, 1.82) is 0 Å². The van der Waals surface area contributed by atoms with Crippen LogP contribution in [0.25, 0.3) is 0 Å². The highest BCUT2D eigenvalue weighted by atomic mass is 32.1. The van der Waals surface area contributed by atoms with Crippen LogP contribution in [-0.4, -0.2) is 23.0 Å². The summed E-state index contributed by atoms with van der Waals surface area (Å²) in [5.41, 5.74) is 1.50. The number of carbonyl (C=O) groups is 2. The van der Waals surface area contributed by atoms with Crippen LogP contribution in [0.4, 0.5) is 0 Å². The molecule has 1 rings (SSSR count). The monoisotopic (exact) mass is 267 g/mol. The Hall–Kier alpha value is -1.62. The van der Waals surface area contributed by atoms with Crippen molar-refractivity contribution in [1.82, 2.24) is 5.32 Å². The van der Waals surface area contributed by atoms with Crippen LogP contribution in [-0.2, 0) is 16.0 Å². The molecule has 2 N–H and O–H groups in total. The molecule has 98 valence electrons. The molecule has 1 atom stereocenters. The Labute approximate surface area is 110 Å². The minimum atomic E-state index is -1.06. The highest BCUT2D eigenvalue weighted by molar-refractivity contribution is 7.07. The molecule has 0 radical (unpaired) electrons. The Morgan fingerprint density at radius 2 is 2.06 bits per heavy atom. The molecule has 1 aromatic heterocycles. The highest BCUT2D eigenvalue weighted by Gasteiger charge is 2.14. The first kappa shape index (κ1) is 14.4. The van der Waals surface area contributed by atoms with Gasteiger partial charge >= 0.3 is 5.97 Å². The summed E-state index contributed by atoms with van der Waals surface area (Å²) in [5.74, 6) is -1.38. The summed E-state index contributed by atoms with van der Waals surface area (Å²) in [4.78, 5) is 22.5. The van der Waals surface area contributed by atoms with E-state index in [-0.39, 0.29) is 23.1 Å². The Morgan fingerprint density at radius 1 is 1.39 bits per heavy atom. The second-order valence-electron chi connectivity index (χ2n) is 4.27. The summed E-state index contributed by atoms with van der Waals surface area (Å²) in [6, 6.07) is 1.99. The largest absolute Gasteiger partial charge is 0.478 e. The predicted molar refractivity (Wildman–Crippen MR) is 71.6 cm³/mol. The lowest BCUT2D eigenvalue weighted by molar-refractivity contribution is -0.133. The van der Waals surface area contributed by atoms with Gasteiger partial charge in [0.05, 0.1) is 0 Å². The Balaban J connectivity index is 2.59. The molecule has 0 bridgehead atoms. The number of hydrogen-bond acceptors (Lipinski definition) is 3. The van der Waals surface area contributed by atoms with Crippen LogP contribution in [0.2, 0.25) is 0 Å². The van der Waals surface area contributed by atoms with Gasteiger partial charge in [0.2, 0.25) is 5.91 Å². The minimum absolute atomic E-state index is 0.0244. The van der Waals surface area contributed by atoms with Gasteiger partial charge in [-0.2, -0.15) is 11.3 Å². The molecular formula is C13H17NO3S. The molecule has 1 aromatic rings. The first-order chi connectivity index (χ1) is 8.41. The van der Waals surface area contributed by atoms with Gasteiger partial charge in [0.25, 0.3) is 0 Å². The first-order valence-corrected chi connectivity index (χ1v) is 6.58. The van der Waals surface area contributed by atoms with Gasteiger partial charge in [-0.1, -0.05) is 0 Å². The number of nitrogens with one attached hydrogen (secondary N) is 1. The zero-order valence-corrected chi connectivity index (χ0v) is 11.5. The van der Waals surface area contributed by atoms with Gasteiger partial charge in [-0.25, -0.2) is 4.79 Å². The topological polar surface area (TPSA) is 66.4 Å². The number of carbonyl (C=O) groups excluding carboxylic acids is 1. The van der Waals surface area contributed by atoms with Crippen LogP contribution in [0.3, 0.4) is 0 Å². The van der Waals surface area contributed by atoms with Gasteiger partial charge in [0.15, 0.2) is 0 Å². The van der Waals surface area contributed by atoms with Crippen LogP contribution in [0.15, 0.2) is 28.0 Å². The molecule has 0 aliphatic rings. The lowest BCUT2D eigenvalue weighted by Crippen LogP contribution is -2.35. The summed E-state index contributed by atoms with van der Waals surface area (Å²) in [7, 11) is 0. The van der Waals surface area contributed by atoms with E-state index in [9.17, 15) is 9.59 Å². The molecular weight excluding hydrogens is 250 g/mol. The third-order valence-corrected chi connectivity index (χ3v) is 3.46. The third-order valence-electron chi connectivity index (χ3n) is 2.72. The van der Waals surface area contributed by atoms with Crippen molar-refractivity contribution < 1.29 is 14.7 Å². The second kappa shape index (κ2) is 6.35. The minimum Gasteiger partial charge on any atom is -0.478 e. The van der Waals surface area contributed by atoms with E-state index >= 15 is 0 Å². The van der Waals surface area contributed by atoms with Gasteiger partial charge < -0.3 is 10.4 Å². The van der Waals surface area contributed by atoms with E-state index in [0.717, 1.165) is 6.42 Å². The predicted octanol–water partition coefficient (Wildman–Crippen LogP) is 2.22. The molecule has 0 fully saturated rings. The average Bonchev–Trinajstić information content (AvgIpc) is 2.79. The fourth-order valence-corrected chi connectivity index (χ4v) is 2.16. The second-order valence-corrected chi connectivity index (χ2v) is 5.05. The normalized spacial score (nSPS) is 13.7. The number of carboxylic acids is 1. The smallest absolute Gasteiger partial charge is 0.331 e. The Kier molecular flexibility index (Phi) is 5.09. The zero-order valence-electron chi connectivity index (χ0n) is 10.7. The van der Waals surface area contributed by atoms with Crippen molar-refractivity contribution in [3.63, 3.8) is 0 Å². The van der Waals surface area contributed by atoms with Gasteiger partial charge in [-0.3, -0.25) is 4.79 Å². The summed E-state index contributed by atoms with van der Waals surface area (Å²) >= 11 is 1.62. The van der Waals surface area contributed by atoms with Crippen molar-refractivity contribution in [2.24, 2.45) is 0 Å². The molecule has 0 saturated carbocycles. The molecule has 0 aliphatic carbocycles. The molecule has 1 amide bonds. The lowest BCUT2D eigenvalue weighted by atomic mass is 10.1. The van der Waals surface area contributed by atoms with E-state index in [4.69, 9.17) is 5.11 Å². The summed E-state index contributed by atoms with van der Waals surface area (Å²) in [6.45, 7) is 4.86. The first-order valence-electron chi connectivity index (χ1n) is 5.64. The zero-order chi connectivity index (χ0) is 13.7. The number of amides is 1. The SMILES string of the molecule is C/C(C(=O)O)=C(\C)C(=O)NC(C)Cc1ccsc1. The van der Waals surface area contributed by atoms with Crippen LogP contribution in [0.5, 0.6) is 0 Å². The van der Waals surface area contributed by atoms with E-state index in [2.05, 4.69) is 5.32 Å². The van der Waals surface area contributed by atoms with Crippen LogP contribution in [0.1, 0.15) is 26.3 Å². The van der Waals surface area contributed by atoms with Gasteiger partial charge in [-0.15, -0.1) is 0 Å². The fraction of sp³-hybridized carbons (Fsp3) is 0.385. The number of rotatable bonds is 5. The number of carboxylic acid groups (broad SMARTS) is 1. The van der Waals surface area contributed by atoms with E-state index in [1.54, 1.807) is 11.3 Å². The molecule has 0 aromatic carbocycles. The molecule has 18 heavy (non-hydrogen) atoms. The third kappa shape index (κ3) is 4.00. The lowest BCUT2D eigenvalue weighted by Gasteiger charge is -2.14. The standard InChI is InChI=1S/C13H17NO3S/c1-8(6-11-4-5-18-7-11)14-12(15)9(2)10(3)13(16)17/h4-5,7-8H,6H2,1-3H3,(H,14,15)(H,16,17)/b10-9-. The van der Waals surface area contributed by atoms with Crippen molar-refractivity contribution >= 4 is 23.2 Å². The van der Waals surface area contributed by atoms with E-state index in [1.807, 2.05) is 23.8 Å². The maximum Gasteiger partial charge on any atom is 0.331 e. The molecule has 5 heteroatoms. The number of hydrogen-bond donors (Lipinski definition) is 2. The Bertz CT molecular complexity index is 463. The van der Waals surface area contributed by atoms with Gasteiger partial charge in [-0.05, 0) is 49.6 Å². The quantitative estimate of drug-likeness (QED) is 0.804. The maximum absolute atomic E-state index is 11.8. The molecule has 1 unspecified atom stereocenters. The summed E-state index contributed by atoms with van der Waals surface area (Å²) < 4.78 is 0. The van der Waals surface area contributed by atoms with E-state index in [0.29, 0.717) is 0 Å². The van der Waals surface area contributed by atoms with Crippen molar-refractivity contribution in [3.05, 3.63) is 33.5 Å². The fourth-order valence-electron chi connectivity index (χ4n) is 1.48. The van der Waals surface area contributed by atoms with Crippen molar-refractivity contribution in [3.8, 4) is 0 Å². The van der Waals surface area contributed by atoms with E-state index < -0.39 is 5.97 Å². The Morgan fingerprint density at radius 3 is 2.56 bits per heavy atom. The summed E-state index contributed by atoms with van der Waals surface area (Å²) in [6.07, 6.45) is 0.745. The van der Waals surface area contributed by atoms with Crippen molar-refractivity contribution in [2.45, 2.75) is 33.2 Å².